The molecule has 0 spiro atoms. The van der Waals surface area contributed by atoms with Crippen LogP contribution in [-0.4, -0.2) is 32.7 Å². The number of aliphatic carboxylic acids is 1. The van der Waals surface area contributed by atoms with Crippen LogP contribution in [0.5, 0.6) is 0 Å². The molecule has 2 atom stereocenters. The number of carboxylic acids is 1. The number of aromatic nitrogens is 1. The molecule has 0 radical (unpaired) electrons. The number of fused-ring (bicyclic) bond motifs is 1. The zero-order chi connectivity index (χ0) is 16.7. The van der Waals surface area contributed by atoms with Crippen LogP contribution in [0, 0.1) is 16.0 Å². The van der Waals surface area contributed by atoms with Gasteiger partial charge in [0.1, 0.15) is 11.6 Å². The summed E-state index contributed by atoms with van der Waals surface area (Å²) in [4.78, 5) is 30.9. The van der Waals surface area contributed by atoms with Crippen LogP contribution in [0.1, 0.15) is 19.4 Å². The molecule has 118 valence electrons. The first-order chi connectivity index (χ1) is 10.9. The summed E-state index contributed by atoms with van der Waals surface area (Å²) in [7, 11) is 0. The Hall–Kier alpha value is -2.61. The van der Waals surface area contributed by atoms with Crippen molar-refractivity contribution in [1.29, 1.82) is 0 Å². The zero-order valence-electron chi connectivity index (χ0n) is 12.4. The fourth-order valence-corrected chi connectivity index (χ4v) is 3.89. The molecule has 2 aromatic heterocycles. The number of rotatable bonds is 3. The van der Waals surface area contributed by atoms with Gasteiger partial charge < -0.3 is 5.11 Å². The summed E-state index contributed by atoms with van der Waals surface area (Å²) in [5.74, 6) is -2.18. The molecule has 0 bridgehead atoms. The highest BCUT2D eigenvalue weighted by atomic mass is 32.1. The van der Waals surface area contributed by atoms with E-state index in [0.717, 1.165) is 10.1 Å². The van der Waals surface area contributed by atoms with Gasteiger partial charge in [-0.1, -0.05) is 0 Å². The van der Waals surface area contributed by atoms with E-state index in [4.69, 9.17) is 0 Å². The molecule has 2 aromatic rings. The van der Waals surface area contributed by atoms with Crippen LogP contribution in [0.3, 0.4) is 0 Å². The Bertz CT molecular complexity index is 884. The number of carboxylic acid groups (broad SMARTS) is 1. The Balaban J connectivity index is 2.37. The number of dihydropyridines is 1. The van der Waals surface area contributed by atoms with E-state index in [9.17, 15) is 20.0 Å². The molecular weight excluding hydrogens is 318 g/mol. The van der Waals surface area contributed by atoms with Crippen molar-refractivity contribution in [3.63, 3.8) is 0 Å². The van der Waals surface area contributed by atoms with Gasteiger partial charge in [0, 0.05) is 28.0 Å². The monoisotopic (exact) mass is 331 g/mol. The van der Waals surface area contributed by atoms with Crippen molar-refractivity contribution in [3.8, 4) is 0 Å². The number of aliphatic imine (C=N–C) groups is 1. The molecule has 7 nitrogen and oxygen atoms in total. The highest BCUT2D eigenvalue weighted by molar-refractivity contribution is 7.17. The smallest absolute Gasteiger partial charge is 0.313 e. The van der Waals surface area contributed by atoms with Gasteiger partial charge in [0.2, 0.25) is 0 Å². The van der Waals surface area contributed by atoms with Gasteiger partial charge in [-0.3, -0.25) is 24.9 Å². The van der Waals surface area contributed by atoms with Crippen molar-refractivity contribution in [2.45, 2.75) is 19.9 Å². The summed E-state index contributed by atoms with van der Waals surface area (Å²) >= 11 is 1.41. The van der Waals surface area contributed by atoms with E-state index in [1.807, 2.05) is 0 Å². The number of pyridine rings is 1. The summed E-state index contributed by atoms with van der Waals surface area (Å²) in [6.07, 6.45) is 3.24. The van der Waals surface area contributed by atoms with E-state index >= 15 is 0 Å². The summed E-state index contributed by atoms with van der Waals surface area (Å²) in [5, 5.41) is 23.6. The first kappa shape index (κ1) is 15.3. The van der Waals surface area contributed by atoms with Crippen molar-refractivity contribution < 1.29 is 14.8 Å². The average Bonchev–Trinajstić information content (AvgIpc) is 2.89. The number of allylic oxidation sites excluding steroid dienone is 1. The van der Waals surface area contributed by atoms with Gasteiger partial charge in [-0.25, -0.2) is 0 Å². The van der Waals surface area contributed by atoms with E-state index < -0.39 is 22.9 Å². The van der Waals surface area contributed by atoms with E-state index in [2.05, 4.69) is 9.98 Å². The quantitative estimate of drug-likeness (QED) is 0.687. The van der Waals surface area contributed by atoms with Crippen LogP contribution in [0.25, 0.3) is 15.7 Å². The normalized spacial score (nSPS) is 21.4. The third-order valence-corrected chi connectivity index (χ3v) is 4.87. The van der Waals surface area contributed by atoms with Crippen molar-refractivity contribution in [2.24, 2.45) is 10.9 Å². The van der Waals surface area contributed by atoms with Crippen molar-refractivity contribution >= 4 is 38.7 Å². The molecule has 3 rings (SSSR count). The lowest BCUT2D eigenvalue weighted by atomic mass is 9.83. The highest BCUT2D eigenvalue weighted by Gasteiger charge is 2.41. The minimum absolute atomic E-state index is 0.210. The summed E-state index contributed by atoms with van der Waals surface area (Å²) in [5.41, 5.74) is 0.789. The second kappa shape index (κ2) is 5.54. The van der Waals surface area contributed by atoms with Gasteiger partial charge in [-0.05, 0) is 25.3 Å². The minimum Gasteiger partial charge on any atom is -0.481 e. The van der Waals surface area contributed by atoms with E-state index in [1.54, 1.807) is 37.7 Å². The van der Waals surface area contributed by atoms with Gasteiger partial charge in [-0.15, -0.1) is 11.3 Å². The van der Waals surface area contributed by atoms with Gasteiger partial charge in [0.15, 0.2) is 0 Å². The van der Waals surface area contributed by atoms with Gasteiger partial charge >= 0.3 is 5.97 Å². The molecule has 0 saturated carbocycles. The number of carbonyl (C=O) groups is 1. The van der Waals surface area contributed by atoms with Crippen LogP contribution >= 0.6 is 11.3 Å². The molecule has 1 N–H and O–H groups in total. The standard InChI is InChI=1S/C15H13N3O4S/c1-7-12(15(19)20)13(14(18(21)22)8(2)17-7)10-6-23-11-3-4-16-5-9(10)11/h3-7,12H,1-2H3,(H,19,20). The molecule has 0 aromatic carbocycles. The number of nitrogens with zero attached hydrogens (tertiary/aromatic N) is 3. The third kappa shape index (κ3) is 2.40. The lowest BCUT2D eigenvalue weighted by Gasteiger charge is -2.24. The van der Waals surface area contributed by atoms with Crippen LogP contribution in [0.15, 0.2) is 34.5 Å². The molecule has 1 aliphatic rings. The maximum Gasteiger partial charge on any atom is 0.313 e. The minimum atomic E-state index is -1.12. The SMILES string of the molecule is CC1=NC(C)C(C(=O)O)C(c2csc3ccncc23)=C1[N+](=O)[O-]. The Morgan fingerprint density at radius 2 is 2.22 bits per heavy atom. The zero-order valence-corrected chi connectivity index (χ0v) is 13.2. The summed E-state index contributed by atoms with van der Waals surface area (Å²) in [6, 6.07) is 1.23. The van der Waals surface area contributed by atoms with Gasteiger partial charge in [0.05, 0.1) is 16.5 Å². The first-order valence-corrected chi connectivity index (χ1v) is 7.77. The molecule has 2 unspecified atom stereocenters. The molecule has 0 saturated heterocycles. The van der Waals surface area contributed by atoms with E-state index in [0.29, 0.717) is 5.56 Å². The summed E-state index contributed by atoms with van der Waals surface area (Å²) < 4.78 is 0.905. The molecule has 3 heterocycles. The highest BCUT2D eigenvalue weighted by Crippen LogP contribution is 2.40. The number of nitro groups is 1. The predicted molar refractivity (Wildman–Crippen MR) is 87.2 cm³/mol. The molecule has 0 amide bonds. The topological polar surface area (TPSA) is 106 Å². The number of thiophene rings is 1. The third-order valence-electron chi connectivity index (χ3n) is 3.90. The predicted octanol–water partition coefficient (Wildman–Crippen LogP) is 2.85. The fourth-order valence-electron chi connectivity index (χ4n) is 2.96. The van der Waals surface area contributed by atoms with Crippen molar-refractivity contribution in [2.75, 3.05) is 0 Å². The first-order valence-electron chi connectivity index (χ1n) is 6.89. The maximum atomic E-state index is 11.7. The molecule has 0 fully saturated rings. The molecule has 23 heavy (non-hydrogen) atoms. The van der Waals surface area contributed by atoms with Gasteiger partial charge in [0.25, 0.3) is 5.70 Å². The van der Waals surface area contributed by atoms with Crippen molar-refractivity contribution in [1.82, 2.24) is 4.98 Å². The van der Waals surface area contributed by atoms with Crippen LogP contribution in [0.4, 0.5) is 0 Å². The van der Waals surface area contributed by atoms with E-state index in [-0.39, 0.29) is 17.0 Å². The maximum absolute atomic E-state index is 11.7. The molecule has 8 heteroatoms. The Morgan fingerprint density at radius 1 is 1.48 bits per heavy atom. The Kier molecular flexibility index (Phi) is 3.69. The number of hydrogen-bond donors (Lipinski definition) is 1. The Morgan fingerprint density at radius 3 is 2.87 bits per heavy atom. The molecular formula is C15H13N3O4S. The van der Waals surface area contributed by atoms with Crippen LogP contribution in [-0.2, 0) is 4.79 Å². The summed E-state index contributed by atoms with van der Waals surface area (Å²) in [6.45, 7) is 3.20. The number of hydrogen-bond acceptors (Lipinski definition) is 6. The van der Waals surface area contributed by atoms with Crippen LogP contribution < -0.4 is 0 Å². The van der Waals surface area contributed by atoms with Crippen molar-refractivity contribution in [3.05, 3.63) is 45.2 Å². The lowest BCUT2D eigenvalue weighted by molar-refractivity contribution is -0.414. The second-order valence-corrected chi connectivity index (χ2v) is 6.22. The van der Waals surface area contributed by atoms with Crippen LogP contribution in [0.2, 0.25) is 0 Å². The largest absolute Gasteiger partial charge is 0.481 e. The van der Waals surface area contributed by atoms with Gasteiger partial charge in [-0.2, -0.15) is 0 Å². The average molecular weight is 331 g/mol. The molecule has 0 aliphatic carbocycles. The second-order valence-electron chi connectivity index (χ2n) is 5.31. The fraction of sp³-hybridized carbons (Fsp3) is 0.267. The Labute approximate surface area is 135 Å². The van der Waals surface area contributed by atoms with E-state index in [1.165, 1.54) is 11.3 Å². The molecule has 1 aliphatic heterocycles. The lowest BCUT2D eigenvalue weighted by Crippen LogP contribution is -2.33.